The average Bonchev–Trinajstić information content (AvgIpc) is 2.94. The molecular weight excluding hydrogens is 376 g/mol. The number of fused-ring (bicyclic) bond motifs is 1. The van der Waals surface area contributed by atoms with Crippen LogP contribution in [0, 0.1) is 5.92 Å². The van der Waals surface area contributed by atoms with Gasteiger partial charge in [0.25, 0.3) is 0 Å². The Labute approximate surface area is 161 Å². The highest BCUT2D eigenvalue weighted by Crippen LogP contribution is 2.37. The van der Waals surface area contributed by atoms with Gasteiger partial charge in [-0.25, -0.2) is 4.98 Å². The lowest BCUT2D eigenvalue weighted by molar-refractivity contribution is -0.140. The van der Waals surface area contributed by atoms with Gasteiger partial charge in [-0.15, -0.1) is 11.3 Å². The number of carboxylic acid groups (broad SMARTS) is 1. The monoisotopic (exact) mass is 398 g/mol. The minimum atomic E-state index is -0.825. The van der Waals surface area contributed by atoms with Gasteiger partial charge in [0.2, 0.25) is 0 Å². The van der Waals surface area contributed by atoms with Crippen molar-refractivity contribution in [1.82, 2.24) is 4.98 Å². The van der Waals surface area contributed by atoms with E-state index >= 15 is 0 Å². The van der Waals surface area contributed by atoms with Crippen molar-refractivity contribution in [2.45, 2.75) is 33.1 Å². The summed E-state index contributed by atoms with van der Waals surface area (Å²) in [4.78, 5) is 15.6. The molecule has 0 spiro atoms. The SMILES string of the molecule is COc1cc2nc(C(C)(C)C)sc2cc1NC(=S)SCC(C)C(=O)O. The second kappa shape index (κ2) is 7.88. The molecule has 5 nitrogen and oxygen atoms in total. The maximum atomic E-state index is 10.9. The molecule has 1 unspecified atom stereocenters. The molecule has 0 bridgehead atoms. The molecule has 0 aliphatic carbocycles. The van der Waals surface area contributed by atoms with Gasteiger partial charge in [-0.05, 0) is 6.07 Å². The van der Waals surface area contributed by atoms with Crippen LogP contribution in [0.1, 0.15) is 32.7 Å². The molecule has 0 saturated carbocycles. The molecule has 1 aromatic carbocycles. The second-order valence-corrected chi connectivity index (χ2v) is 9.48. The smallest absolute Gasteiger partial charge is 0.307 e. The van der Waals surface area contributed by atoms with Gasteiger partial charge in [-0.1, -0.05) is 51.7 Å². The third-order valence-corrected chi connectivity index (χ3v) is 6.40. The normalized spacial score (nSPS) is 12.8. The van der Waals surface area contributed by atoms with Crippen LogP contribution in [0.5, 0.6) is 5.75 Å². The topological polar surface area (TPSA) is 71.5 Å². The summed E-state index contributed by atoms with van der Waals surface area (Å²) in [7, 11) is 1.60. The first-order chi connectivity index (χ1) is 11.6. The van der Waals surface area contributed by atoms with Crippen LogP contribution in [0.15, 0.2) is 12.1 Å². The lowest BCUT2D eigenvalue weighted by Gasteiger charge is -2.13. The first kappa shape index (κ1) is 19.9. The van der Waals surface area contributed by atoms with E-state index in [4.69, 9.17) is 27.0 Å². The number of aliphatic carboxylic acids is 1. The number of thiocarbonyl (C=S) groups is 1. The number of thiazole rings is 1. The van der Waals surface area contributed by atoms with Crippen molar-refractivity contribution in [2.24, 2.45) is 5.92 Å². The number of benzene rings is 1. The third kappa shape index (κ3) is 5.05. The third-order valence-electron chi connectivity index (χ3n) is 3.47. The number of methoxy groups -OCH3 is 1. The van der Waals surface area contributed by atoms with Crippen LogP contribution in [0.25, 0.3) is 10.2 Å². The van der Waals surface area contributed by atoms with Gasteiger partial charge in [0, 0.05) is 17.2 Å². The van der Waals surface area contributed by atoms with E-state index in [1.54, 1.807) is 25.4 Å². The molecule has 2 N–H and O–H groups in total. The lowest BCUT2D eigenvalue weighted by Crippen LogP contribution is -2.15. The number of rotatable bonds is 5. The van der Waals surface area contributed by atoms with E-state index in [9.17, 15) is 4.79 Å². The Morgan fingerprint density at radius 2 is 2.16 bits per heavy atom. The molecule has 0 fully saturated rings. The highest BCUT2D eigenvalue weighted by atomic mass is 32.2. The van der Waals surface area contributed by atoms with E-state index < -0.39 is 11.9 Å². The fraction of sp³-hybridized carbons (Fsp3) is 0.471. The van der Waals surface area contributed by atoms with Gasteiger partial charge < -0.3 is 15.2 Å². The van der Waals surface area contributed by atoms with Crippen LogP contribution in [0.4, 0.5) is 5.69 Å². The summed E-state index contributed by atoms with van der Waals surface area (Å²) in [6, 6.07) is 3.88. The van der Waals surface area contributed by atoms with Crippen LogP contribution in [-0.2, 0) is 10.2 Å². The Bertz CT molecular complexity index is 796. The molecule has 1 atom stereocenters. The lowest BCUT2D eigenvalue weighted by atomic mass is 9.98. The summed E-state index contributed by atoms with van der Waals surface area (Å²) in [6.45, 7) is 8.07. The fourth-order valence-electron chi connectivity index (χ4n) is 1.96. The highest BCUT2D eigenvalue weighted by Gasteiger charge is 2.20. The summed E-state index contributed by atoms with van der Waals surface area (Å²) in [6.07, 6.45) is 0. The van der Waals surface area contributed by atoms with Gasteiger partial charge in [0.1, 0.15) is 10.1 Å². The maximum Gasteiger partial charge on any atom is 0.307 e. The number of nitrogens with zero attached hydrogens (tertiary/aromatic N) is 1. The van der Waals surface area contributed by atoms with E-state index in [2.05, 4.69) is 26.1 Å². The minimum absolute atomic E-state index is 0.0113. The van der Waals surface area contributed by atoms with Gasteiger partial charge in [-0.2, -0.15) is 0 Å². The van der Waals surface area contributed by atoms with E-state index in [1.165, 1.54) is 11.8 Å². The van der Waals surface area contributed by atoms with Crippen molar-refractivity contribution in [3.05, 3.63) is 17.1 Å². The predicted molar refractivity (Wildman–Crippen MR) is 110 cm³/mol. The number of carboxylic acids is 1. The summed E-state index contributed by atoms with van der Waals surface area (Å²) >= 11 is 8.29. The number of anilines is 1. The van der Waals surface area contributed by atoms with Crippen molar-refractivity contribution in [3.8, 4) is 5.75 Å². The Hall–Kier alpha value is -1.38. The van der Waals surface area contributed by atoms with Crippen LogP contribution in [0.2, 0.25) is 0 Å². The molecule has 25 heavy (non-hydrogen) atoms. The molecule has 1 heterocycles. The Morgan fingerprint density at radius 1 is 1.48 bits per heavy atom. The molecule has 0 aliphatic rings. The van der Waals surface area contributed by atoms with Gasteiger partial charge in [0.15, 0.2) is 0 Å². The Balaban J connectivity index is 2.22. The first-order valence-corrected chi connectivity index (χ1v) is 9.98. The molecule has 1 aromatic heterocycles. The first-order valence-electron chi connectivity index (χ1n) is 7.77. The Morgan fingerprint density at radius 3 is 2.72 bits per heavy atom. The van der Waals surface area contributed by atoms with Crippen molar-refractivity contribution >= 4 is 61.5 Å². The van der Waals surface area contributed by atoms with E-state index in [0.29, 0.717) is 15.8 Å². The van der Waals surface area contributed by atoms with Gasteiger partial charge in [0.05, 0.1) is 33.9 Å². The maximum absolute atomic E-state index is 10.9. The van der Waals surface area contributed by atoms with E-state index in [1.807, 2.05) is 12.1 Å². The summed E-state index contributed by atoms with van der Waals surface area (Å²) in [5, 5.41) is 13.2. The molecule has 2 rings (SSSR count). The zero-order valence-electron chi connectivity index (χ0n) is 14.9. The number of hydrogen-bond acceptors (Lipinski definition) is 6. The molecule has 0 aliphatic heterocycles. The molecule has 2 aromatic rings. The number of thioether (sulfide) groups is 1. The highest BCUT2D eigenvalue weighted by molar-refractivity contribution is 8.23. The van der Waals surface area contributed by atoms with Crippen LogP contribution in [0.3, 0.4) is 0 Å². The van der Waals surface area contributed by atoms with Crippen molar-refractivity contribution < 1.29 is 14.6 Å². The number of carbonyl (C=O) groups is 1. The number of aromatic nitrogens is 1. The number of hydrogen-bond donors (Lipinski definition) is 2. The largest absolute Gasteiger partial charge is 0.494 e. The molecule has 0 saturated heterocycles. The molecular formula is C17H22N2O3S3. The van der Waals surface area contributed by atoms with Crippen LogP contribution in [-0.4, -0.2) is 33.2 Å². The summed E-state index contributed by atoms with van der Waals surface area (Å²) < 4.78 is 7.03. The molecule has 0 amide bonds. The summed E-state index contributed by atoms with van der Waals surface area (Å²) in [5.74, 6) is -0.202. The van der Waals surface area contributed by atoms with Crippen molar-refractivity contribution in [1.29, 1.82) is 0 Å². The van der Waals surface area contributed by atoms with Gasteiger partial charge in [-0.3, -0.25) is 4.79 Å². The number of ether oxygens (including phenoxy) is 1. The molecule has 0 radical (unpaired) electrons. The second-order valence-electron chi connectivity index (χ2n) is 6.75. The quantitative estimate of drug-likeness (QED) is 0.704. The summed E-state index contributed by atoms with van der Waals surface area (Å²) in [5.41, 5.74) is 1.65. The van der Waals surface area contributed by atoms with Crippen LogP contribution >= 0.6 is 35.3 Å². The van der Waals surface area contributed by atoms with E-state index in [-0.39, 0.29) is 5.41 Å². The standard InChI is InChI=1S/C17H22N2O3S3/c1-9(14(20)21)8-24-16(23)19-10-7-13-11(6-12(10)22-5)18-15(25-13)17(2,3)4/h6-7,9H,8H2,1-5H3,(H,19,23)(H,20,21). The fourth-order valence-corrected chi connectivity index (χ4v) is 4.04. The predicted octanol–water partition coefficient (Wildman–Crippen LogP) is 4.75. The Kier molecular flexibility index (Phi) is 6.29. The zero-order chi connectivity index (χ0) is 18.8. The zero-order valence-corrected chi connectivity index (χ0v) is 17.3. The van der Waals surface area contributed by atoms with Crippen molar-refractivity contribution in [2.75, 3.05) is 18.2 Å². The van der Waals surface area contributed by atoms with Crippen molar-refractivity contribution in [3.63, 3.8) is 0 Å². The van der Waals surface area contributed by atoms with E-state index in [0.717, 1.165) is 20.9 Å². The number of nitrogens with one attached hydrogen (secondary N) is 1. The minimum Gasteiger partial charge on any atom is -0.494 e. The molecule has 136 valence electrons. The average molecular weight is 399 g/mol. The van der Waals surface area contributed by atoms with Gasteiger partial charge >= 0.3 is 5.97 Å². The molecule has 8 heteroatoms. The van der Waals surface area contributed by atoms with Crippen LogP contribution < -0.4 is 10.1 Å².